The SMILES string of the molecule is CCCCCC(C)Oc1ncnc2oc(-c3ccccc3)c(-c3ccc(OC)cc3)c12. The molecule has 2 aromatic carbocycles. The number of furan rings is 1. The zero-order valence-corrected chi connectivity index (χ0v) is 18.3. The molecule has 0 fully saturated rings. The van der Waals surface area contributed by atoms with Crippen LogP contribution in [0.4, 0.5) is 0 Å². The number of fused-ring (bicyclic) bond motifs is 1. The average Bonchev–Trinajstić information content (AvgIpc) is 3.20. The monoisotopic (exact) mass is 416 g/mol. The van der Waals surface area contributed by atoms with Gasteiger partial charge in [-0.1, -0.05) is 62.2 Å². The zero-order chi connectivity index (χ0) is 21.6. The van der Waals surface area contributed by atoms with E-state index in [1.165, 1.54) is 19.2 Å². The van der Waals surface area contributed by atoms with Crippen molar-refractivity contribution in [3.05, 3.63) is 60.9 Å². The van der Waals surface area contributed by atoms with Gasteiger partial charge in [-0.15, -0.1) is 0 Å². The molecule has 4 rings (SSSR count). The molecule has 1 atom stereocenters. The predicted molar refractivity (Wildman–Crippen MR) is 123 cm³/mol. The van der Waals surface area contributed by atoms with Gasteiger partial charge in [0.05, 0.1) is 13.2 Å². The molecular formula is C26H28N2O3. The number of hydrogen-bond acceptors (Lipinski definition) is 5. The molecule has 5 nitrogen and oxygen atoms in total. The Bertz CT molecular complexity index is 1120. The van der Waals surface area contributed by atoms with Crippen LogP contribution in [0, 0.1) is 0 Å². The molecule has 160 valence electrons. The Kier molecular flexibility index (Phi) is 6.51. The van der Waals surface area contributed by atoms with Crippen LogP contribution >= 0.6 is 0 Å². The first-order valence-electron chi connectivity index (χ1n) is 10.8. The second kappa shape index (κ2) is 9.65. The van der Waals surface area contributed by atoms with Crippen LogP contribution in [0.1, 0.15) is 39.5 Å². The van der Waals surface area contributed by atoms with Crippen molar-refractivity contribution in [2.75, 3.05) is 7.11 Å². The van der Waals surface area contributed by atoms with E-state index < -0.39 is 0 Å². The Hall–Kier alpha value is -3.34. The van der Waals surface area contributed by atoms with Gasteiger partial charge in [0.25, 0.3) is 0 Å². The molecule has 0 aliphatic carbocycles. The van der Waals surface area contributed by atoms with E-state index >= 15 is 0 Å². The van der Waals surface area contributed by atoms with Crippen LogP contribution in [-0.2, 0) is 0 Å². The smallest absolute Gasteiger partial charge is 0.234 e. The van der Waals surface area contributed by atoms with Gasteiger partial charge in [-0.3, -0.25) is 0 Å². The minimum atomic E-state index is 0.0587. The van der Waals surface area contributed by atoms with E-state index in [1.807, 2.05) is 54.6 Å². The van der Waals surface area contributed by atoms with Gasteiger partial charge in [-0.2, -0.15) is 0 Å². The van der Waals surface area contributed by atoms with Crippen molar-refractivity contribution in [2.24, 2.45) is 0 Å². The summed E-state index contributed by atoms with van der Waals surface area (Å²) in [7, 11) is 1.66. The third-order valence-electron chi connectivity index (χ3n) is 5.40. The molecule has 0 saturated heterocycles. The fourth-order valence-corrected chi connectivity index (χ4v) is 3.75. The van der Waals surface area contributed by atoms with E-state index in [1.54, 1.807) is 7.11 Å². The van der Waals surface area contributed by atoms with E-state index in [0.29, 0.717) is 11.6 Å². The summed E-state index contributed by atoms with van der Waals surface area (Å²) in [6, 6.07) is 18.0. The molecular weight excluding hydrogens is 388 g/mol. The highest BCUT2D eigenvalue weighted by molar-refractivity contribution is 6.03. The largest absolute Gasteiger partial charge is 0.497 e. The molecule has 0 aliphatic rings. The van der Waals surface area contributed by atoms with Crippen LogP contribution in [0.2, 0.25) is 0 Å². The van der Waals surface area contributed by atoms with Gasteiger partial charge >= 0.3 is 0 Å². The number of unbranched alkanes of at least 4 members (excludes halogenated alkanes) is 2. The van der Waals surface area contributed by atoms with Crippen LogP contribution in [0.5, 0.6) is 11.6 Å². The predicted octanol–water partition coefficient (Wildman–Crippen LogP) is 6.91. The van der Waals surface area contributed by atoms with Crippen molar-refractivity contribution in [3.8, 4) is 34.1 Å². The summed E-state index contributed by atoms with van der Waals surface area (Å²) in [4.78, 5) is 8.89. The van der Waals surface area contributed by atoms with Crippen molar-refractivity contribution >= 4 is 11.1 Å². The van der Waals surface area contributed by atoms with Crippen molar-refractivity contribution in [1.29, 1.82) is 0 Å². The molecule has 2 aromatic heterocycles. The van der Waals surface area contributed by atoms with Gasteiger partial charge < -0.3 is 13.9 Å². The zero-order valence-electron chi connectivity index (χ0n) is 18.3. The number of benzene rings is 2. The van der Waals surface area contributed by atoms with E-state index in [2.05, 4.69) is 23.8 Å². The minimum absolute atomic E-state index is 0.0587. The van der Waals surface area contributed by atoms with Gasteiger partial charge in [0.2, 0.25) is 11.6 Å². The third-order valence-corrected chi connectivity index (χ3v) is 5.40. The summed E-state index contributed by atoms with van der Waals surface area (Å²) in [5.41, 5.74) is 3.43. The Balaban J connectivity index is 1.84. The van der Waals surface area contributed by atoms with Crippen LogP contribution in [0.25, 0.3) is 33.6 Å². The van der Waals surface area contributed by atoms with Crippen LogP contribution in [0.15, 0.2) is 65.3 Å². The second-order valence-electron chi connectivity index (χ2n) is 7.68. The molecule has 0 amide bonds. The normalized spacial score (nSPS) is 12.1. The maximum atomic E-state index is 6.29. The van der Waals surface area contributed by atoms with E-state index in [-0.39, 0.29) is 6.10 Å². The number of methoxy groups -OCH3 is 1. The lowest BCUT2D eigenvalue weighted by Gasteiger charge is -2.14. The molecule has 2 heterocycles. The fourth-order valence-electron chi connectivity index (χ4n) is 3.75. The van der Waals surface area contributed by atoms with Crippen LogP contribution in [0.3, 0.4) is 0 Å². The maximum Gasteiger partial charge on any atom is 0.234 e. The van der Waals surface area contributed by atoms with E-state index in [4.69, 9.17) is 13.9 Å². The first kappa shape index (κ1) is 20.9. The van der Waals surface area contributed by atoms with Crippen molar-refractivity contribution in [3.63, 3.8) is 0 Å². The summed E-state index contributed by atoms with van der Waals surface area (Å²) in [6.07, 6.45) is 6.08. The standard InChI is InChI=1S/C26H28N2O3/c1-4-5-7-10-18(2)30-25-23-22(19-13-15-21(29-3)16-14-19)24(20-11-8-6-9-12-20)31-26(23)28-17-27-25/h6,8-9,11-18H,4-5,7,10H2,1-3H3. The number of rotatable bonds is 9. The minimum Gasteiger partial charge on any atom is -0.497 e. The van der Waals surface area contributed by atoms with Gasteiger partial charge in [0, 0.05) is 11.1 Å². The van der Waals surface area contributed by atoms with Crippen molar-refractivity contribution in [1.82, 2.24) is 9.97 Å². The molecule has 5 heteroatoms. The van der Waals surface area contributed by atoms with Crippen LogP contribution < -0.4 is 9.47 Å². The Morgan fingerprint density at radius 3 is 2.42 bits per heavy atom. The number of ether oxygens (including phenoxy) is 2. The molecule has 1 unspecified atom stereocenters. The lowest BCUT2D eigenvalue weighted by atomic mass is 9.99. The molecule has 0 bridgehead atoms. The number of nitrogens with zero attached hydrogens (tertiary/aromatic N) is 2. The van der Waals surface area contributed by atoms with Crippen molar-refractivity contribution < 1.29 is 13.9 Å². The molecule has 0 saturated carbocycles. The third kappa shape index (κ3) is 4.55. The van der Waals surface area contributed by atoms with Gasteiger partial charge in [-0.05, 0) is 37.5 Å². The summed E-state index contributed by atoms with van der Waals surface area (Å²) in [5.74, 6) is 2.12. The van der Waals surface area contributed by atoms with E-state index in [0.717, 1.165) is 46.4 Å². The average molecular weight is 417 g/mol. The van der Waals surface area contributed by atoms with Gasteiger partial charge in [0.15, 0.2) is 0 Å². The highest BCUT2D eigenvalue weighted by Gasteiger charge is 2.23. The molecule has 0 N–H and O–H groups in total. The van der Waals surface area contributed by atoms with Crippen LogP contribution in [-0.4, -0.2) is 23.2 Å². The fraction of sp³-hybridized carbons (Fsp3) is 0.308. The molecule has 0 spiro atoms. The maximum absolute atomic E-state index is 6.29. The highest BCUT2D eigenvalue weighted by atomic mass is 16.5. The Morgan fingerprint density at radius 2 is 1.71 bits per heavy atom. The quantitative estimate of drug-likeness (QED) is 0.277. The second-order valence-corrected chi connectivity index (χ2v) is 7.68. The van der Waals surface area contributed by atoms with Crippen molar-refractivity contribution in [2.45, 2.75) is 45.6 Å². The van der Waals surface area contributed by atoms with E-state index in [9.17, 15) is 0 Å². The Morgan fingerprint density at radius 1 is 0.935 bits per heavy atom. The number of aromatic nitrogens is 2. The summed E-state index contributed by atoms with van der Waals surface area (Å²) in [6.45, 7) is 4.30. The lowest BCUT2D eigenvalue weighted by Crippen LogP contribution is -2.12. The lowest BCUT2D eigenvalue weighted by molar-refractivity contribution is 0.201. The Labute approximate surface area is 183 Å². The molecule has 4 aromatic rings. The summed E-state index contributed by atoms with van der Waals surface area (Å²) < 4.78 is 17.9. The first-order chi connectivity index (χ1) is 15.2. The summed E-state index contributed by atoms with van der Waals surface area (Å²) >= 11 is 0. The number of hydrogen-bond donors (Lipinski definition) is 0. The van der Waals surface area contributed by atoms with Gasteiger partial charge in [0.1, 0.15) is 23.2 Å². The van der Waals surface area contributed by atoms with Gasteiger partial charge in [-0.25, -0.2) is 9.97 Å². The highest BCUT2D eigenvalue weighted by Crippen LogP contribution is 2.43. The summed E-state index contributed by atoms with van der Waals surface area (Å²) in [5, 5.41) is 0.800. The molecule has 0 aliphatic heterocycles. The topological polar surface area (TPSA) is 57.4 Å². The molecule has 31 heavy (non-hydrogen) atoms. The first-order valence-corrected chi connectivity index (χ1v) is 10.8. The molecule has 0 radical (unpaired) electrons.